The number of rotatable bonds is 6. The lowest BCUT2D eigenvalue weighted by Crippen LogP contribution is -2.26. The molecule has 0 aliphatic heterocycles. The lowest BCUT2D eigenvalue weighted by molar-refractivity contribution is -0.112. The topological polar surface area (TPSA) is 75.7 Å². The number of ether oxygens (including phenoxy) is 1. The number of carbonyl (C=O) groups excluding carboxylic acids is 1. The monoisotopic (exact) mass is 506 g/mol. The van der Waals surface area contributed by atoms with Crippen LogP contribution >= 0.6 is 11.6 Å². The van der Waals surface area contributed by atoms with Gasteiger partial charge >= 0.3 is 0 Å². The second kappa shape index (κ2) is 9.90. The molecule has 0 spiro atoms. The Morgan fingerprint density at radius 2 is 1.88 bits per heavy atom. The van der Waals surface area contributed by atoms with Gasteiger partial charge in [0, 0.05) is 26.2 Å². The fourth-order valence-corrected chi connectivity index (χ4v) is 4.57. The van der Waals surface area contributed by atoms with Gasteiger partial charge in [0.05, 0.1) is 15.5 Å². The smallest absolute Gasteiger partial charge is 0.259 e. The first kappa shape index (κ1) is 25.9. The maximum Gasteiger partial charge on any atom is 0.259 e. The molecule has 2 aromatic rings. The third-order valence-corrected chi connectivity index (χ3v) is 7.66. The van der Waals surface area contributed by atoms with E-state index in [0.29, 0.717) is 17.9 Å². The number of nitrogens with one attached hydrogen (secondary N) is 1. The summed E-state index contributed by atoms with van der Waals surface area (Å²) in [5.41, 5.74) is 0.516. The predicted octanol–water partition coefficient (Wildman–Crippen LogP) is 5.62. The van der Waals surface area contributed by atoms with Gasteiger partial charge in [-0.1, -0.05) is 44.5 Å². The maximum absolute atomic E-state index is 13.5. The van der Waals surface area contributed by atoms with Gasteiger partial charge in [-0.15, -0.1) is 0 Å². The Balaban J connectivity index is 1.95. The molecule has 182 valence electrons. The van der Waals surface area contributed by atoms with Crippen molar-refractivity contribution < 1.29 is 22.3 Å². The van der Waals surface area contributed by atoms with Gasteiger partial charge in [0.15, 0.2) is 0 Å². The molecule has 1 aliphatic rings. The van der Waals surface area contributed by atoms with Crippen molar-refractivity contribution in [3.8, 4) is 5.75 Å². The normalized spacial score (nSPS) is 16.6. The average Bonchev–Trinajstić information content (AvgIpc) is 2.75. The van der Waals surface area contributed by atoms with E-state index in [4.69, 9.17) is 16.3 Å². The fraction of sp³-hybridized carbons (Fsp3) is 0.320. The van der Waals surface area contributed by atoms with E-state index < -0.39 is 21.7 Å². The molecular weight excluding hydrogens is 479 g/mol. The van der Waals surface area contributed by atoms with Crippen molar-refractivity contribution in [2.24, 2.45) is 11.3 Å². The van der Waals surface area contributed by atoms with Gasteiger partial charge in [-0.05, 0) is 53.8 Å². The van der Waals surface area contributed by atoms with Crippen LogP contribution in [0.1, 0.15) is 27.2 Å². The number of carbonyl (C=O) groups is 1. The zero-order chi connectivity index (χ0) is 25.3. The van der Waals surface area contributed by atoms with Gasteiger partial charge < -0.3 is 10.1 Å². The summed E-state index contributed by atoms with van der Waals surface area (Å²) in [5, 5.41) is 2.85. The number of nitrogens with zero attached hydrogens (tertiary/aromatic N) is 1. The molecule has 0 saturated carbocycles. The van der Waals surface area contributed by atoms with E-state index >= 15 is 0 Å². The van der Waals surface area contributed by atoms with Gasteiger partial charge in [0.1, 0.15) is 17.3 Å². The van der Waals surface area contributed by atoms with Crippen LogP contribution in [0.3, 0.4) is 0 Å². The van der Waals surface area contributed by atoms with E-state index in [2.05, 4.69) is 26.1 Å². The van der Waals surface area contributed by atoms with Crippen molar-refractivity contribution in [2.75, 3.05) is 19.4 Å². The van der Waals surface area contributed by atoms with Crippen LogP contribution in [0.15, 0.2) is 70.8 Å². The molecule has 9 heteroatoms. The van der Waals surface area contributed by atoms with Crippen molar-refractivity contribution >= 4 is 33.2 Å². The molecule has 34 heavy (non-hydrogen) atoms. The highest BCUT2D eigenvalue weighted by molar-refractivity contribution is 7.89. The number of anilines is 1. The van der Waals surface area contributed by atoms with Crippen LogP contribution in [0.5, 0.6) is 5.75 Å². The summed E-state index contributed by atoms with van der Waals surface area (Å²) >= 11 is 6.15. The minimum atomic E-state index is -3.66. The lowest BCUT2D eigenvalue weighted by Gasteiger charge is -2.32. The minimum Gasteiger partial charge on any atom is -0.459 e. The van der Waals surface area contributed by atoms with Gasteiger partial charge in [0.2, 0.25) is 10.0 Å². The summed E-state index contributed by atoms with van der Waals surface area (Å²) in [6.45, 7) is 6.27. The summed E-state index contributed by atoms with van der Waals surface area (Å²) in [5.74, 6) is -0.230. The van der Waals surface area contributed by atoms with Gasteiger partial charge in [-0.2, -0.15) is 0 Å². The number of hydrogen-bond acceptors (Lipinski definition) is 4. The Morgan fingerprint density at radius 3 is 2.50 bits per heavy atom. The van der Waals surface area contributed by atoms with Crippen molar-refractivity contribution in [1.29, 1.82) is 0 Å². The highest BCUT2D eigenvalue weighted by Gasteiger charge is 2.30. The van der Waals surface area contributed by atoms with Crippen molar-refractivity contribution in [2.45, 2.75) is 32.1 Å². The average molecular weight is 507 g/mol. The van der Waals surface area contributed by atoms with Crippen molar-refractivity contribution in [3.05, 3.63) is 76.8 Å². The molecule has 1 atom stereocenters. The lowest BCUT2D eigenvalue weighted by atomic mass is 9.75. The molecule has 2 aromatic carbocycles. The molecule has 0 saturated heterocycles. The van der Waals surface area contributed by atoms with E-state index in [1.54, 1.807) is 18.2 Å². The van der Waals surface area contributed by atoms with E-state index in [1.165, 1.54) is 38.4 Å². The van der Waals surface area contributed by atoms with Crippen LogP contribution in [-0.2, 0) is 14.8 Å². The zero-order valence-electron chi connectivity index (χ0n) is 19.7. The van der Waals surface area contributed by atoms with E-state index in [1.807, 2.05) is 6.08 Å². The highest BCUT2D eigenvalue weighted by atomic mass is 35.5. The number of halogens is 2. The van der Waals surface area contributed by atoms with Crippen LogP contribution in [-0.4, -0.2) is 32.7 Å². The molecule has 1 unspecified atom stereocenters. The molecule has 3 rings (SSSR count). The third-order valence-electron chi connectivity index (χ3n) is 5.56. The molecule has 6 nitrogen and oxygen atoms in total. The Labute approximate surface area is 205 Å². The first-order valence-corrected chi connectivity index (χ1v) is 12.5. The summed E-state index contributed by atoms with van der Waals surface area (Å²) < 4.78 is 45.5. The summed E-state index contributed by atoms with van der Waals surface area (Å²) in [6.07, 6.45) is 4.09. The van der Waals surface area contributed by atoms with E-state index in [0.717, 1.165) is 10.4 Å². The Morgan fingerprint density at radius 1 is 1.18 bits per heavy atom. The minimum absolute atomic E-state index is 0.0610. The zero-order valence-corrected chi connectivity index (χ0v) is 21.3. The van der Waals surface area contributed by atoms with Gasteiger partial charge in [0.25, 0.3) is 5.91 Å². The molecule has 1 amide bonds. The van der Waals surface area contributed by atoms with Crippen LogP contribution in [0.2, 0.25) is 5.02 Å². The Hall–Kier alpha value is -2.68. The number of hydrogen-bond donors (Lipinski definition) is 1. The quantitative estimate of drug-likeness (QED) is 0.551. The second-order valence-corrected chi connectivity index (χ2v) is 11.9. The molecule has 1 aliphatic carbocycles. The standard InChI is InChI=1S/C25H28ClFN2O4S/c1-25(2,3)16-9-11-20(23(13-16)33-22-12-10-17(27)14-21(22)26)24(30)28-18-7-6-8-19(15-18)34(31,32)29(4)5/h6-12,14-16H,13H2,1-5H3,(H,28,30). The largest absolute Gasteiger partial charge is 0.459 e. The first-order valence-electron chi connectivity index (χ1n) is 10.7. The number of benzene rings is 2. The van der Waals surface area contributed by atoms with Gasteiger partial charge in [-0.25, -0.2) is 17.1 Å². The van der Waals surface area contributed by atoms with Crippen LogP contribution in [0, 0.1) is 17.2 Å². The molecule has 0 fully saturated rings. The van der Waals surface area contributed by atoms with Crippen molar-refractivity contribution in [1.82, 2.24) is 4.31 Å². The summed E-state index contributed by atoms with van der Waals surface area (Å²) in [4.78, 5) is 13.3. The molecule has 0 bridgehead atoms. The number of amides is 1. The molecule has 0 heterocycles. The predicted molar refractivity (Wildman–Crippen MR) is 132 cm³/mol. The molecule has 1 N–H and O–H groups in total. The van der Waals surface area contributed by atoms with E-state index in [9.17, 15) is 17.6 Å². The molecular formula is C25H28ClFN2O4S. The van der Waals surface area contributed by atoms with Gasteiger partial charge in [-0.3, -0.25) is 4.79 Å². The second-order valence-electron chi connectivity index (χ2n) is 9.32. The summed E-state index contributed by atoms with van der Waals surface area (Å²) in [6, 6.07) is 9.82. The SMILES string of the molecule is CN(C)S(=O)(=O)c1cccc(NC(=O)C2=C(Oc3ccc(F)cc3Cl)CC(C(C)(C)C)C=C2)c1. The van der Waals surface area contributed by atoms with Crippen LogP contribution < -0.4 is 10.1 Å². The highest BCUT2D eigenvalue weighted by Crippen LogP contribution is 2.38. The maximum atomic E-state index is 13.5. The van der Waals surface area contributed by atoms with Crippen LogP contribution in [0.4, 0.5) is 10.1 Å². The molecule has 0 radical (unpaired) electrons. The fourth-order valence-electron chi connectivity index (χ4n) is 3.41. The number of sulfonamides is 1. The first-order chi connectivity index (χ1) is 15.8. The number of allylic oxidation sites excluding steroid dienone is 2. The summed E-state index contributed by atoms with van der Waals surface area (Å²) in [7, 11) is -0.780. The Bertz CT molecular complexity index is 1260. The van der Waals surface area contributed by atoms with Crippen molar-refractivity contribution in [3.63, 3.8) is 0 Å². The van der Waals surface area contributed by atoms with Crippen LogP contribution in [0.25, 0.3) is 0 Å². The molecule has 0 aromatic heterocycles. The Kier molecular flexibility index (Phi) is 7.55. The third kappa shape index (κ3) is 5.87. The van der Waals surface area contributed by atoms with E-state index in [-0.39, 0.29) is 32.6 Å².